The van der Waals surface area contributed by atoms with E-state index in [2.05, 4.69) is 60.4 Å². The second-order valence-corrected chi connectivity index (χ2v) is 9.58. The highest BCUT2D eigenvalue weighted by Crippen LogP contribution is 2.28. The smallest absolute Gasteiger partial charge is 0.223 e. The van der Waals surface area contributed by atoms with Crippen LogP contribution in [0.3, 0.4) is 0 Å². The zero-order valence-corrected chi connectivity index (χ0v) is 20.2. The minimum atomic E-state index is 0.150. The molecule has 1 fully saturated rings. The van der Waals surface area contributed by atoms with Gasteiger partial charge >= 0.3 is 0 Å². The molecule has 3 aromatic rings. The molecule has 6 heteroatoms. The Hall–Kier alpha value is -3.02. The molecule has 0 spiro atoms. The number of amides is 1. The molecule has 4 rings (SSSR count). The number of aryl methyl sites for hydroxylation is 3. The van der Waals surface area contributed by atoms with Crippen molar-refractivity contribution in [3.8, 4) is 0 Å². The van der Waals surface area contributed by atoms with Crippen LogP contribution < -0.4 is 0 Å². The van der Waals surface area contributed by atoms with E-state index in [0.717, 1.165) is 43.7 Å². The van der Waals surface area contributed by atoms with Crippen LogP contribution in [-0.2, 0) is 17.6 Å². The van der Waals surface area contributed by atoms with Crippen molar-refractivity contribution >= 4 is 5.91 Å². The number of nitrogens with zero attached hydrogens (tertiary/aromatic N) is 4. The van der Waals surface area contributed by atoms with E-state index in [1.165, 1.54) is 16.7 Å². The summed E-state index contributed by atoms with van der Waals surface area (Å²) in [5.74, 6) is 1.79. The number of hydrogen-bond donors (Lipinski definition) is 0. The van der Waals surface area contributed by atoms with E-state index < -0.39 is 0 Å². The Kier molecular flexibility index (Phi) is 7.21. The standard InChI is InChI=1S/C27H34N4O2/c1-18(2)27-30-29-25(33-27)10-11-26(32)31-12-6-9-23(17-31)24-16-22(14-20(4)28-24)15-21-8-5-7-19(3)13-21/h5,7-8,13-14,16,18,23H,6,9-12,15,17H2,1-4H3/t23-/m1/s1. The van der Waals surface area contributed by atoms with E-state index in [9.17, 15) is 4.79 Å². The van der Waals surface area contributed by atoms with Gasteiger partial charge in [-0.05, 0) is 56.4 Å². The molecule has 1 aliphatic rings. The highest BCUT2D eigenvalue weighted by molar-refractivity contribution is 5.76. The van der Waals surface area contributed by atoms with E-state index >= 15 is 0 Å². The number of rotatable bonds is 7. The molecular weight excluding hydrogens is 412 g/mol. The van der Waals surface area contributed by atoms with Crippen LogP contribution >= 0.6 is 0 Å². The fourth-order valence-electron chi connectivity index (χ4n) is 4.56. The summed E-state index contributed by atoms with van der Waals surface area (Å²) < 4.78 is 5.65. The van der Waals surface area contributed by atoms with Gasteiger partial charge in [-0.25, -0.2) is 0 Å². The van der Waals surface area contributed by atoms with Gasteiger partial charge in [0.15, 0.2) is 0 Å². The van der Waals surface area contributed by atoms with Crippen LogP contribution in [0.2, 0.25) is 0 Å². The first-order valence-electron chi connectivity index (χ1n) is 12.0. The van der Waals surface area contributed by atoms with Gasteiger partial charge in [-0.15, -0.1) is 10.2 Å². The summed E-state index contributed by atoms with van der Waals surface area (Å²) in [6, 6.07) is 13.1. The van der Waals surface area contributed by atoms with Crippen LogP contribution in [0.5, 0.6) is 0 Å². The van der Waals surface area contributed by atoms with E-state index in [1.54, 1.807) is 0 Å². The van der Waals surface area contributed by atoms with Crippen molar-refractivity contribution in [3.63, 3.8) is 0 Å². The summed E-state index contributed by atoms with van der Waals surface area (Å²) in [6.45, 7) is 9.75. The minimum Gasteiger partial charge on any atom is -0.425 e. The highest BCUT2D eigenvalue weighted by Gasteiger charge is 2.26. The van der Waals surface area contributed by atoms with Crippen molar-refractivity contribution in [2.45, 2.75) is 71.6 Å². The molecular formula is C27H34N4O2. The maximum Gasteiger partial charge on any atom is 0.223 e. The van der Waals surface area contributed by atoms with Crippen LogP contribution in [0.15, 0.2) is 40.8 Å². The summed E-state index contributed by atoms with van der Waals surface area (Å²) in [4.78, 5) is 19.7. The second-order valence-electron chi connectivity index (χ2n) is 9.58. The molecule has 1 saturated heterocycles. The molecule has 0 bridgehead atoms. The average Bonchev–Trinajstić information content (AvgIpc) is 3.27. The van der Waals surface area contributed by atoms with E-state index in [4.69, 9.17) is 9.40 Å². The molecule has 0 radical (unpaired) electrons. The largest absolute Gasteiger partial charge is 0.425 e. The quantitative estimate of drug-likeness (QED) is 0.503. The lowest BCUT2D eigenvalue weighted by Gasteiger charge is -2.33. The van der Waals surface area contributed by atoms with Crippen molar-refractivity contribution in [1.82, 2.24) is 20.1 Å². The maximum absolute atomic E-state index is 12.9. The normalized spacial score (nSPS) is 16.4. The number of benzene rings is 1. The number of likely N-dealkylation sites (tertiary alicyclic amines) is 1. The van der Waals surface area contributed by atoms with Crippen molar-refractivity contribution < 1.29 is 9.21 Å². The molecule has 6 nitrogen and oxygen atoms in total. The van der Waals surface area contributed by atoms with E-state index in [-0.39, 0.29) is 17.7 Å². The van der Waals surface area contributed by atoms with Gasteiger partial charge in [-0.3, -0.25) is 9.78 Å². The number of carbonyl (C=O) groups is 1. The third-order valence-corrected chi connectivity index (χ3v) is 6.25. The Morgan fingerprint density at radius 2 is 2.00 bits per heavy atom. The predicted octanol–water partition coefficient (Wildman–Crippen LogP) is 5.13. The summed E-state index contributed by atoms with van der Waals surface area (Å²) in [5, 5.41) is 8.14. The molecule has 0 N–H and O–H groups in total. The lowest BCUT2D eigenvalue weighted by Crippen LogP contribution is -2.39. The first-order chi connectivity index (χ1) is 15.9. The van der Waals surface area contributed by atoms with Gasteiger partial charge in [0, 0.05) is 49.2 Å². The first kappa shape index (κ1) is 23.1. The number of aromatic nitrogens is 3. The zero-order valence-electron chi connectivity index (χ0n) is 20.2. The van der Waals surface area contributed by atoms with Gasteiger partial charge in [-0.2, -0.15) is 0 Å². The molecule has 33 heavy (non-hydrogen) atoms. The number of piperidine rings is 1. The fraction of sp³-hybridized carbons (Fsp3) is 0.481. The van der Waals surface area contributed by atoms with Gasteiger partial charge in [0.2, 0.25) is 17.7 Å². The molecule has 0 unspecified atom stereocenters. The SMILES string of the molecule is Cc1cccc(Cc2cc(C)nc([C@@H]3CCCN(C(=O)CCc4nnc(C(C)C)o4)C3)c2)c1. The summed E-state index contributed by atoms with van der Waals surface area (Å²) in [6.07, 6.45) is 3.84. The van der Waals surface area contributed by atoms with Crippen LogP contribution in [0.1, 0.15) is 84.8 Å². The molecule has 0 aliphatic carbocycles. The van der Waals surface area contributed by atoms with Crippen molar-refractivity contribution in [3.05, 3.63) is 76.3 Å². The highest BCUT2D eigenvalue weighted by atomic mass is 16.4. The molecule has 174 valence electrons. The minimum absolute atomic E-state index is 0.150. The molecule has 2 aromatic heterocycles. The van der Waals surface area contributed by atoms with Crippen LogP contribution in [0.4, 0.5) is 0 Å². The Morgan fingerprint density at radius 3 is 2.76 bits per heavy atom. The molecule has 1 amide bonds. The van der Waals surface area contributed by atoms with E-state index in [1.807, 2.05) is 18.7 Å². The maximum atomic E-state index is 12.9. The molecule has 3 heterocycles. The number of pyridine rings is 1. The van der Waals surface area contributed by atoms with Crippen LogP contribution in [0.25, 0.3) is 0 Å². The Morgan fingerprint density at radius 1 is 1.15 bits per heavy atom. The Bertz CT molecular complexity index is 1110. The number of hydrogen-bond acceptors (Lipinski definition) is 5. The zero-order chi connectivity index (χ0) is 23.4. The third kappa shape index (κ3) is 6.06. The summed E-state index contributed by atoms with van der Waals surface area (Å²) >= 11 is 0. The predicted molar refractivity (Wildman–Crippen MR) is 128 cm³/mol. The van der Waals surface area contributed by atoms with Gasteiger partial charge < -0.3 is 9.32 Å². The first-order valence-corrected chi connectivity index (χ1v) is 12.0. The Balaban J connectivity index is 1.40. The van der Waals surface area contributed by atoms with Crippen molar-refractivity contribution in [1.29, 1.82) is 0 Å². The Labute approximate surface area is 196 Å². The fourth-order valence-corrected chi connectivity index (χ4v) is 4.56. The monoisotopic (exact) mass is 446 g/mol. The average molecular weight is 447 g/mol. The van der Waals surface area contributed by atoms with Gasteiger partial charge in [0.1, 0.15) is 0 Å². The second kappa shape index (κ2) is 10.3. The van der Waals surface area contributed by atoms with Crippen molar-refractivity contribution in [2.75, 3.05) is 13.1 Å². The topological polar surface area (TPSA) is 72.1 Å². The summed E-state index contributed by atoms with van der Waals surface area (Å²) in [5.41, 5.74) is 6.02. The summed E-state index contributed by atoms with van der Waals surface area (Å²) in [7, 11) is 0. The lowest BCUT2D eigenvalue weighted by molar-refractivity contribution is -0.132. The number of carbonyl (C=O) groups excluding carboxylic acids is 1. The van der Waals surface area contributed by atoms with Crippen molar-refractivity contribution in [2.24, 2.45) is 0 Å². The van der Waals surface area contributed by atoms with Gasteiger partial charge in [0.25, 0.3) is 0 Å². The molecule has 1 aromatic carbocycles. The van der Waals surface area contributed by atoms with Gasteiger partial charge in [0.05, 0.1) is 0 Å². The van der Waals surface area contributed by atoms with Crippen LogP contribution in [-0.4, -0.2) is 39.1 Å². The lowest BCUT2D eigenvalue weighted by atomic mass is 9.92. The molecule has 0 saturated carbocycles. The van der Waals surface area contributed by atoms with Crippen LogP contribution in [0, 0.1) is 13.8 Å². The van der Waals surface area contributed by atoms with E-state index in [0.29, 0.717) is 24.6 Å². The third-order valence-electron chi connectivity index (χ3n) is 6.25. The molecule has 1 aliphatic heterocycles. The molecule has 1 atom stereocenters. The van der Waals surface area contributed by atoms with Gasteiger partial charge in [-0.1, -0.05) is 43.7 Å².